The van der Waals surface area contributed by atoms with E-state index in [1.54, 1.807) is 12.1 Å². The largest absolute Gasteiger partial charge is 0.497 e. The molecule has 7 heteroatoms. The third-order valence-electron chi connectivity index (χ3n) is 2.01. The molecule has 0 radical (unpaired) electrons. The molecular weight excluding hydrogens is 252 g/mol. The normalized spacial score (nSPS) is 9.95. The first-order chi connectivity index (χ1) is 9.02. The van der Waals surface area contributed by atoms with Crippen molar-refractivity contribution < 1.29 is 24.2 Å². The lowest BCUT2D eigenvalue weighted by Crippen LogP contribution is -2.40. The van der Waals surface area contributed by atoms with Gasteiger partial charge >= 0.3 is 5.97 Å². The smallest absolute Gasteiger partial charge is 0.328 e. The Hall–Kier alpha value is -2.83. The number of methoxy groups -OCH3 is 1. The molecule has 1 aromatic rings. The Bertz CT molecular complexity index is 525. The highest BCUT2D eigenvalue weighted by Gasteiger charge is 2.06. The molecule has 3 N–H and O–H groups in total. The number of amides is 2. The quantitative estimate of drug-likeness (QED) is 0.528. The highest BCUT2D eigenvalue weighted by atomic mass is 16.5. The zero-order valence-corrected chi connectivity index (χ0v) is 10.0. The zero-order valence-electron chi connectivity index (χ0n) is 10.0. The van der Waals surface area contributed by atoms with Gasteiger partial charge in [-0.05, 0) is 18.2 Å². The minimum atomic E-state index is -1.26. The first kappa shape index (κ1) is 14.2. The highest BCUT2D eigenvalue weighted by molar-refractivity contribution is 5.98. The summed E-state index contributed by atoms with van der Waals surface area (Å²) in [5.74, 6) is -2.05. The Kier molecular flexibility index (Phi) is 5.09. The number of benzene rings is 1. The third-order valence-corrected chi connectivity index (χ3v) is 2.01. The number of carboxylic acid groups (broad SMARTS) is 1. The predicted molar refractivity (Wildman–Crippen MR) is 65.4 cm³/mol. The van der Waals surface area contributed by atoms with Crippen LogP contribution in [0.25, 0.3) is 0 Å². The summed E-state index contributed by atoms with van der Waals surface area (Å²) in [6, 6.07) is 6.33. The van der Waals surface area contributed by atoms with E-state index in [1.165, 1.54) is 19.2 Å². The Balaban J connectivity index is 2.55. The molecule has 0 saturated heterocycles. The van der Waals surface area contributed by atoms with E-state index >= 15 is 0 Å². The zero-order chi connectivity index (χ0) is 14.3. The van der Waals surface area contributed by atoms with Crippen LogP contribution in [-0.4, -0.2) is 30.0 Å². The Morgan fingerprint density at radius 3 is 2.58 bits per heavy atom. The SMILES string of the molecule is COc1cccc(C(=O)NNC(=O)C=CC(=O)O)c1. The second-order valence-electron chi connectivity index (χ2n) is 3.35. The van der Waals surface area contributed by atoms with Crippen molar-refractivity contribution in [1.82, 2.24) is 10.9 Å². The van der Waals surface area contributed by atoms with Crippen molar-refractivity contribution in [3.05, 3.63) is 42.0 Å². The van der Waals surface area contributed by atoms with Crippen LogP contribution in [0.15, 0.2) is 36.4 Å². The number of hydrogen-bond acceptors (Lipinski definition) is 4. The molecule has 0 spiro atoms. The van der Waals surface area contributed by atoms with Crippen molar-refractivity contribution >= 4 is 17.8 Å². The van der Waals surface area contributed by atoms with Crippen molar-refractivity contribution in [1.29, 1.82) is 0 Å². The molecule has 2 amide bonds. The van der Waals surface area contributed by atoms with Gasteiger partial charge in [0, 0.05) is 17.7 Å². The van der Waals surface area contributed by atoms with Crippen LogP contribution in [0.5, 0.6) is 5.75 Å². The number of carboxylic acids is 1. The summed E-state index contributed by atoms with van der Waals surface area (Å²) >= 11 is 0. The molecule has 0 atom stereocenters. The number of hydrazine groups is 1. The van der Waals surface area contributed by atoms with Gasteiger partial charge in [0.2, 0.25) is 0 Å². The van der Waals surface area contributed by atoms with Crippen LogP contribution < -0.4 is 15.6 Å². The van der Waals surface area contributed by atoms with Crippen LogP contribution in [0, 0.1) is 0 Å². The molecule has 0 aliphatic carbocycles. The first-order valence-electron chi connectivity index (χ1n) is 5.18. The van der Waals surface area contributed by atoms with Gasteiger partial charge in [-0.2, -0.15) is 0 Å². The molecule has 100 valence electrons. The lowest BCUT2D eigenvalue weighted by molar-refractivity contribution is -0.131. The molecule has 1 rings (SSSR count). The van der Waals surface area contributed by atoms with E-state index < -0.39 is 17.8 Å². The molecule has 7 nitrogen and oxygen atoms in total. The number of rotatable bonds is 4. The van der Waals surface area contributed by atoms with Gasteiger partial charge in [-0.1, -0.05) is 6.07 Å². The summed E-state index contributed by atoms with van der Waals surface area (Å²) in [6.07, 6.45) is 1.45. The molecule has 0 aliphatic heterocycles. The highest BCUT2D eigenvalue weighted by Crippen LogP contribution is 2.11. The minimum absolute atomic E-state index is 0.293. The second-order valence-corrected chi connectivity index (χ2v) is 3.35. The van der Waals surface area contributed by atoms with Crippen LogP contribution in [0.1, 0.15) is 10.4 Å². The molecule has 0 heterocycles. The average Bonchev–Trinajstić information content (AvgIpc) is 2.42. The summed E-state index contributed by atoms with van der Waals surface area (Å²) in [5.41, 5.74) is 4.47. The second kappa shape index (κ2) is 6.80. The molecule has 0 bridgehead atoms. The molecule has 0 saturated carbocycles. The lowest BCUT2D eigenvalue weighted by Gasteiger charge is -2.06. The standard InChI is InChI=1S/C12H12N2O5/c1-19-9-4-2-3-8(7-9)12(18)14-13-10(15)5-6-11(16)17/h2-7H,1H3,(H,13,15)(H,14,18)(H,16,17). The summed E-state index contributed by atoms with van der Waals surface area (Å²) in [4.78, 5) is 32.9. The molecule has 0 aromatic heterocycles. The van der Waals surface area contributed by atoms with Crippen LogP contribution in [0.2, 0.25) is 0 Å². The van der Waals surface area contributed by atoms with E-state index in [0.29, 0.717) is 17.4 Å². The maximum Gasteiger partial charge on any atom is 0.328 e. The van der Waals surface area contributed by atoms with Crippen molar-refractivity contribution in [3.8, 4) is 5.75 Å². The van der Waals surface area contributed by atoms with Crippen molar-refractivity contribution in [2.45, 2.75) is 0 Å². The summed E-state index contributed by atoms with van der Waals surface area (Å²) in [7, 11) is 1.47. The van der Waals surface area contributed by atoms with Crippen LogP contribution in [0.4, 0.5) is 0 Å². The van der Waals surface area contributed by atoms with Gasteiger partial charge in [-0.15, -0.1) is 0 Å². The predicted octanol–water partition coefficient (Wildman–Crippen LogP) is 0.0970. The number of ether oxygens (including phenoxy) is 1. The molecule has 0 aliphatic rings. The fourth-order valence-corrected chi connectivity index (χ4v) is 1.14. The van der Waals surface area contributed by atoms with E-state index in [-0.39, 0.29) is 0 Å². The van der Waals surface area contributed by atoms with E-state index in [2.05, 4.69) is 5.43 Å². The molecule has 1 aromatic carbocycles. The number of hydrogen-bond donors (Lipinski definition) is 3. The lowest BCUT2D eigenvalue weighted by atomic mass is 10.2. The molecule has 0 unspecified atom stereocenters. The minimum Gasteiger partial charge on any atom is -0.497 e. The fourth-order valence-electron chi connectivity index (χ4n) is 1.14. The Morgan fingerprint density at radius 1 is 1.21 bits per heavy atom. The Labute approximate surface area is 108 Å². The van der Waals surface area contributed by atoms with Crippen LogP contribution in [0.3, 0.4) is 0 Å². The topological polar surface area (TPSA) is 105 Å². The number of carbonyl (C=O) groups excluding carboxylic acids is 2. The number of nitrogens with one attached hydrogen (secondary N) is 2. The first-order valence-corrected chi connectivity index (χ1v) is 5.18. The number of aliphatic carboxylic acids is 1. The summed E-state index contributed by atoms with van der Waals surface area (Å²) in [5, 5.41) is 8.31. The molecule has 19 heavy (non-hydrogen) atoms. The Morgan fingerprint density at radius 2 is 1.95 bits per heavy atom. The molecular formula is C12H12N2O5. The van der Waals surface area contributed by atoms with Gasteiger partial charge < -0.3 is 9.84 Å². The van der Waals surface area contributed by atoms with Crippen molar-refractivity contribution in [2.24, 2.45) is 0 Å². The van der Waals surface area contributed by atoms with Crippen LogP contribution >= 0.6 is 0 Å². The summed E-state index contributed by atoms with van der Waals surface area (Å²) in [6.45, 7) is 0. The third kappa shape index (κ3) is 4.90. The maximum atomic E-state index is 11.6. The monoisotopic (exact) mass is 264 g/mol. The average molecular weight is 264 g/mol. The van der Waals surface area contributed by atoms with Crippen molar-refractivity contribution in [2.75, 3.05) is 7.11 Å². The van der Waals surface area contributed by atoms with Crippen LogP contribution in [-0.2, 0) is 9.59 Å². The van der Waals surface area contributed by atoms with Crippen molar-refractivity contribution in [3.63, 3.8) is 0 Å². The van der Waals surface area contributed by atoms with Gasteiger partial charge in [-0.3, -0.25) is 20.4 Å². The fraction of sp³-hybridized carbons (Fsp3) is 0.0833. The van der Waals surface area contributed by atoms with E-state index in [9.17, 15) is 14.4 Å². The van der Waals surface area contributed by atoms with Gasteiger partial charge in [0.25, 0.3) is 11.8 Å². The molecule has 0 fully saturated rings. The number of carbonyl (C=O) groups is 3. The van der Waals surface area contributed by atoms with E-state index in [0.717, 1.165) is 6.08 Å². The maximum absolute atomic E-state index is 11.6. The van der Waals surface area contributed by atoms with Gasteiger partial charge in [0.15, 0.2) is 0 Å². The van der Waals surface area contributed by atoms with Gasteiger partial charge in [0.05, 0.1) is 7.11 Å². The summed E-state index contributed by atoms with van der Waals surface area (Å²) < 4.78 is 4.95. The van der Waals surface area contributed by atoms with E-state index in [1.807, 2.05) is 5.43 Å². The van der Waals surface area contributed by atoms with E-state index in [4.69, 9.17) is 9.84 Å². The van der Waals surface area contributed by atoms with Gasteiger partial charge in [-0.25, -0.2) is 4.79 Å². The van der Waals surface area contributed by atoms with Gasteiger partial charge in [0.1, 0.15) is 5.75 Å².